The van der Waals surface area contributed by atoms with Crippen molar-refractivity contribution in [2.24, 2.45) is 5.16 Å². The minimum atomic E-state index is -0.526. The molecule has 0 spiro atoms. The quantitative estimate of drug-likeness (QED) is 0.452. The summed E-state index contributed by atoms with van der Waals surface area (Å²) in [5.74, 6) is -0.267. The smallest absolute Gasteiger partial charge is 0.279 e. The molecule has 0 aromatic heterocycles. The van der Waals surface area contributed by atoms with Gasteiger partial charge in [-0.15, -0.1) is 0 Å². The summed E-state index contributed by atoms with van der Waals surface area (Å²) in [7, 11) is 1.58. The van der Waals surface area contributed by atoms with Gasteiger partial charge in [-0.1, -0.05) is 47.6 Å². The number of methoxy groups -OCH3 is 1. The Hall–Kier alpha value is -3.61. The zero-order valence-electron chi connectivity index (χ0n) is 14.2. The van der Waals surface area contributed by atoms with E-state index in [4.69, 9.17) is 9.57 Å². The van der Waals surface area contributed by atoms with E-state index < -0.39 is 11.8 Å². The van der Waals surface area contributed by atoms with Crippen molar-refractivity contribution in [1.82, 2.24) is 10.9 Å². The van der Waals surface area contributed by atoms with Crippen LogP contribution >= 0.6 is 0 Å². The molecule has 0 atom stereocenters. The molecule has 0 fully saturated rings. The molecule has 2 aromatic carbocycles. The molecular formula is C19H19N3O4. The van der Waals surface area contributed by atoms with Crippen molar-refractivity contribution in [3.63, 3.8) is 0 Å². The largest absolute Gasteiger partial charge is 0.497 e. The Balaban J connectivity index is 1.66. The first kappa shape index (κ1) is 18.7. The Morgan fingerprint density at radius 1 is 1.00 bits per heavy atom. The second-order valence-corrected chi connectivity index (χ2v) is 5.06. The van der Waals surface area contributed by atoms with Crippen molar-refractivity contribution < 1.29 is 19.2 Å². The summed E-state index contributed by atoms with van der Waals surface area (Å²) in [6.45, 7) is -0.314. The number of benzene rings is 2. The van der Waals surface area contributed by atoms with Gasteiger partial charge in [0.2, 0.25) is 0 Å². The molecule has 0 heterocycles. The lowest BCUT2D eigenvalue weighted by Gasteiger charge is -2.04. The highest BCUT2D eigenvalue weighted by atomic mass is 16.6. The Bertz CT molecular complexity index is 771. The van der Waals surface area contributed by atoms with Crippen LogP contribution in [-0.4, -0.2) is 31.7 Å². The highest BCUT2D eigenvalue weighted by molar-refractivity contribution is 5.93. The summed E-state index contributed by atoms with van der Waals surface area (Å²) < 4.78 is 5.05. The van der Waals surface area contributed by atoms with Crippen molar-refractivity contribution in [2.45, 2.75) is 0 Å². The maximum Gasteiger partial charge on any atom is 0.279 e. The zero-order chi connectivity index (χ0) is 18.6. The summed E-state index contributed by atoms with van der Waals surface area (Å²) in [6, 6.07) is 16.5. The lowest BCUT2D eigenvalue weighted by Crippen LogP contribution is -2.42. The summed E-state index contributed by atoms with van der Waals surface area (Å²) >= 11 is 0. The van der Waals surface area contributed by atoms with Gasteiger partial charge < -0.3 is 9.57 Å². The fraction of sp³-hybridized carbons (Fsp3) is 0.105. The predicted octanol–water partition coefficient (Wildman–Crippen LogP) is 1.91. The van der Waals surface area contributed by atoms with Gasteiger partial charge >= 0.3 is 0 Å². The Morgan fingerprint density at radius 2 is 1.73 bits per heavy atom. The molecule has 0 unspecified atom stereocenters. The van der Waals surface area contributed by atoms with Gasteiger partial charge in [0.05, 0.1) is 13.3 Å². The third kappa shape index (κ3) is 6.88. The van der Waals surface area contributed by atoms with E-state index >= 15 is 0 Å². The molecule has 0 aliphatic heterocycles. The van der Waals surface area contributed by atoms with Crippen LogP contribution in [0.5, 0.6) is 5.75 Å². The molecule has 2 amide bonds. The van der Waals surface area contributed by atoms with Crippen LogP contribution in [0.4, 0.5) is 0 Å². The van der Waals surface area contributed by atoms with E-state index in [-0.39, 0.29) is 6.61 Å². The van der Waals surface area contributed by atoms with Crippen molar-refractivity contribution in [1.29, 1.82) is 0 Å². The number of rotatable bonds is 7. The van der Waals surface area contributed by atoms with E-state index in [1.54, 1.807) is 37.5 Å². The minimum absolute atomic E-state index is 0.314. The van der Waals surface area contributed by atoms with Gasteiger partial charge in [0.25, 0.3) is 11.8 Å². The van der Waals surface area contributed by atoms with Gasteiger partial charge in [0.15, 0.2) is 6.61 Å². The monoisotopic (exact) mass is 353 g/mol. The van der Waals surface area contributed by atoms with Gasteiger partial charge in [-0.3, -0.25) is 20.4 Å². The lowest BCUT2D eigenvalue weighted by atomic mass is 10.2. The first-order valence-electron chi connectivity index (χ1n) is 7.79. The molecule has 2 rings (SSSR count). The molecule has 0 saturated carbocycles. The second-order valence-electron chi connectivity index (χ2n) is 5.06. The van der Waals surface area contributed by atoms with E-state index in [0.29, 0.717) is 0 Å². The second kappa shape index (κ2) is 10.3. The maximum absolute atomic E-state index is 11.7. The van der Waals surface area contributed by atoms with Gasteiger partial charge in [-0.2, -0.15) is 0 Å². The molecule has 0 bridgehead atoms. The number of hydrazine groups is 1. The number of hydrogen-bond donors (Lipinski definition) is 2. The predicted molar refractivity (Wildman–Crippen MR) is 98.3 cm³/mol. The Kier molecular flexibility index (Phi) is 7.41. The fourth-order valence-electron chi connectivity index (χ4n) is 1.83. The van der Waals surface area contributed by atoms with E-state index in [0.717, 1.165) is 16.9 Å². The van der Waals surface area contributed by atoms with Crippen LogP contribution in [-0.2, 0) is 14.4 Å². The van der Waals surface area contributed by atoms with Crippen LogP contribution in [0.3, 0.4) is 0 Å². The Morgan fingerprint density at radius 3 is 2.42 bits per heavy atom. The van der Waals surface area contributed by atoms with Crippen LogP contribution in [0.15, 0.2) is 65.8 Å². The SMILES string of the molecule is COc1ccc(/C=C/C(=O)NNC(=O)CO/N=C/c2ccccc2)cc1. The number of carbonyl (C=O) groups is 2. The molecule has 2 aromatic rings. The Labute approximate surface area is 151 Å². The summed E-state index contributed by atoms with van der Waals surface area (Å²) in [5, 5.41) is 3.68. The lowest BCUT2D eigenvalue weighted by molar-refractivity contribution is -0.130. The number of nitrogens with one attached hydrogen (secondary N) is 2. The number of hydrogen-bond acceptors (Lipinski definition) is 5. The number of nitrogens with zero attached hydrogens (tertiary/aromatic N) is 1. The first-order valence-corrected chi connectivity index (χ1v) is 7.79. The van der Waals surface area contributed by atoms with Crippen LogP contribution in [0.2, 0.25) is 0 Å². The third-order valence-electron chi connectivity index (χ3n) is 3.14. The maximum atomic E-state index is 11.7. The van der Waals surface area contributed by atoms with Crippen molar-refractivity contribution in [3.05, 3.63) is 71.8 Å². The molecule has 0 radical (unpaired) electrons. The van der Waals surface area contributed by atoms with E-state index in [1.165, 1.54) is 12.3 Å². The first-order chi connectivity index (χ1) is 12.7. The summed E-state index contributed by atoms with van der Waals surface area (Å²) in [4.78, 5) is 28.1. The van der Waals surface area contributed by atoms with Crippen LogP contribution in [0, 0.1) is 0 Å². The van der Waals surface area contributed by atoms with Crippen molar-refractivity contribution in [2.75, 3.05) is 13.7 Å². The molecule has 0 aliphatic rings. The molecule has 0 saturated heterocycles. The van der Waals surface area contributed by atoms with Crippen molar-refractivity contribution in [3.8, 4) is 5.75 Å². The molecule has 0 aliphatic carbocycles. The molecule has 2 N–H and O–H groups in total. The number of amides is 2. The molecular weight excluding hydrogens is 334 g/mol. The normalized spacial score (nSPS) is 10.7. The summed E-state index contributed by atoms with van der Waals surface area (Å²) in [5.41, 5.74) is 6.16. The number of oxime groups is 1. The molecule has 7 nitrogen and oxygen atoms in total. The molecule has 7 heteroatoms. The average Bonchev–Trinajstić information content (AvgIpc) is 2.69. The van der Waals surface area contributed by atoms with Crippen molar-refractivity contribution >= 4 is 24.1 Å². The van der Waals surface area contributed by atoms with Gasteiger partial charge in [-0.05, 0) is 29.3 Å². The van der Waals surface area contributed by atoms with Crippen LogP contribution in [0.1, 0.15) is 11.1 Å². The highest BCUT2D eigenvalue weighted by Crippen LogP contribution is 2.12. The standard InChI is InChI=1S/C19H19N3O4/c1-25-17-10-7-15(8-11-17)9-12-18(23)21-22-19(24)14-26-20-13-16-5-3-2-4-6-16/h2-13H,14H2,1H3,(H,21,23)(H,22,24)/b12-9+,20-13+. The topological polar surface area (TPSA) is 89.0 Å². The number of carbonyl (C=O) groups excluding carboxylic acids is 2. The third-order valence-corrected chi connectivity index (χ3v) is 3.14. The van der Waals surface area contributed by atoms with Crippen LogP contribution < -0.4 is 15.6 Å². The van der Waals surface area contributed by atoms with E-state index in [1.807, 2.05) is 30.3 Å². The van der Waals surface area contributed by atoms with Gasteiger partial charge in [0, 0.05) is 6.08 Å². The fourth-order valence-corrected chi connectivity index (χ4v) is 1.83. The van der Waals surface area contributed by atoms with E-state index in [2.05, 4.69) is 16.0 Å². The average molecular weight is 353 g/mol. The van der Waals surface area contributed by atoms with Gasteiger partial charge in [-0.25, -0.2) is 0 Å². The molecule has 26 heavy (non-hydrogen) atoms. The van der Waals surface area contributed by atoms with Gasteiger partial charge in [0.1, 0.15) is 5.75 Å². The minimum Gasteiger partial charge on any atom is -0.497 e. The molecule has 134 valence electrons. The highest BCUT2D eigenvalue weighted by Gasteiger charge is 2.02. The number of ether oxygens (including phenoxy) is 1. The van der Waals surface area contributed by atoms with E-state index in [9.17, 15) is 9.59 Å². The summed E-state index contributed by atoms with van der Waals surface area (Å²) in [6.07, 6.45) is 4.40. The zero-order valence-corrected chi connectivity index (χ0v) is 14.2. The van der Waals surface area contributed by atoms with Crippen LogP contribution in [0.25, 0.3) is 6.08 Å².